The Bertz CT molecular complexity index is 1200. The number of fused-ring (bicyclic) bond motifs is 1. The molecule has 3 aromatic rings. The van der Waals surface area contributed by atoms with Gasteiger partial charge in [-0.15, -0.1) is 6.42 Å². The number of aliphatic hydroxyl groups excluding tert-OH is 1. The SMILES string of the molecule is C#CCn1c(=O)c2c(nc(-c3ccc(OC)c(OC)c3)n2C)n(CCO)c1=O. The van der Waals surface area contributed by atoms with E-state index in [1.807, 2.05) is 0 Å². The third-order valence-electron chi connectivity index (χ3n) is 4.46. The van der Waals surface area contributed by atoms with Crippen LogP contribution in [0, 0.1) is 12.3 Å². The van der Waals surface area contributed by atoms with Crippen LogP contribution in [-0.2, 0) is 20.1 Å². The maximum Gasteiger partial charge on any atom is 0.333 e. The molecule has 1 N–H and O–H groups in total. The van der Waals surface area contributed by atoms with E-state index in [0.29, 0.717) is 22.9 Å². The van der Waals surface area contributed by atoms with Crippen molar-refractivity contribution < 1.29 is 14.6 Å². The number of terminal acetylenes is 1. The minimum absolute atomic E-state index is 0.0113. The molecule has 0 aliphatic rings. The van der Waals surface area contributed by atoms with Gasteiger partial charge in [-0.1, -0.05) is 5.92 Å². The lowest BCUT2D eigenvalue weighted by molar-refractivity contribution is 0.274. The fourth-order valence-corrected chi connectivity index (χ4v) is 3.13. The van der Waals surface area contributed by atoms with Crippen LogP contribution in [-0.4, -0.2) is 44.6 Å². The molecule has 0 spiro atoms. The van der Waals surface area contributed by atoms with Crippen LogP contribution in [0.1, 0.15) is 0 Å². The van der Waals surface area contributed by atoms with E-state index in [2.05, 4.69) is 10.9 Å². The highest BCUT2D eigenvalue weighted by Gasteiger charge is 2.21. The monoisotopic (exact) mass is 384 g/mol. The number of benzene rings is 1. The molecular weight excluding hydrogens is 364 g/mol. The van der Waals surface area contributed by atoms with E-state index in [1.54, 1.807) is 29.8 Å². The first-order valence-electron chi connectivity index (χ1n) is 8.45. The van der Waals surface area contributed by atoms with Gasteiger partial charge in [0.2, 0.25) is 0 Å². The molecule has 0 atom stereocenters. The molecule has 0 fully saturated rings. The molecule has 2 heterocycles. The van der Waals surface area contributed by atoms with Gasteiger partial charge in [-0.25, -0.2) is 14.3 Å². The van der Waals surface area contributed by atoms with Crippen LogP contribution in [0.2, 0.25) is 0 Å². The Hall–Kier alpha value is -3.51. The normalized spacial score (nSPS) is 10.8. The molecule has 3 rings (SSSR count). The summed E-state index contributed by atoms with van der Waals surface area (Å²) in [5, 5.41) is 9.36. The third kappa shape index (κ3) is 2.93. The van der Waals surface area contributed by atoms with Crippen LogP contribution in [0.5, 0.6) is 11.5 Å². The van der Waals surface area contributed by atoms with Crippen LogP contribution in [0.4, 0.5) is 0 Å². The van der Waals surface area contributed by atoms with Gasteiger partial charge < -0.3 is 19.1 Å². The van der Waals surface area contributed by atoms with E-state index < -0.39 is 11.2 Å². The van der Waals surface area contributed by atoms with E-state index in [1.165, 1.54) is 18.8 Å². The van der Waals surface area contributed by atoms with Crippen molar-refractivity contribution in [3.05, 3.63) is 39.0 Å². The Labute approximate surface area is 160 Å². The van der Waals surface area contributed by atoms with Crippen LogP contribution < -0.4 is 20.7 Å². The minimum atomic E-state index is -0.610. The van der Waals surface area contributed by atoms with Crippen molar-refractivity contribution in [2.75, 3.05) is 20.8 Å². The summed E-state index contributed by atoms with van der Waals surface area (Å²) in [6.07, 6.45) is 5.30. The standard InChI is InChI=1S/C19H20N4O5/c1-5-8-23-18(25)15-17(22(9-10-24)19(23)26)20-16(21(15)2)12-6-7-13(27-3)14(11-12)28-4/h1,6-7,11,24H,8-10H2,2-4H3. The highest BCUT2D eigenvalue weighted by Crippen LogP contribution is 2.32. The summed E-state index contributed by atoms with van der Waals surface area (Å²) in [4.78, 5) is 30.0. The van der Waals surface area contributed by atoms with Gasteiger partial charge in [0.1, 0.15) is 5.82 Å². The molecule has 0 unspecified atom stereocenters. The van der Waals surface area contributed by atoms with Crippen molar-refractivity contribution in [3.8, 4) is 35.2 Å². The maximum atomic E-state index is 12.9. The zero-order valence-electron chi connectivity index (χ0n) is 15.8. The summed E-state index contributed by atoms with van der Waals surface area (Å²) in [5.41, 5.74) is -0.0738. The Morgan fingerprint density at radius 1 is 1.18 bits per heavy atom. The molecule has 0 aliphatic heterocycles. The number of ether oxygens (including phenoxy) is 2. The number of rotatable bonds is 6. The largest absolute Gasteiger partial charge is 0.493 e. The van der Waals surface area contributed by atoms with Crippen molar-refractivity contribution in [2.24, 2.45) is 7.05 Å². The predicted molar refractivity (Wildman–Crippen MR) is 104 cm³/mol. The molecule has 0 amide bonds. The molecule has 9 heteroatoms. The van der Waals surface area contributed by atoms with Crippen molar-refractivity contribution in [1.82, 2.24) is 18.7 Å². The molecule has 9 nitrogen and oxygen atoms in total. The molecule has 0 bridgehead atoms. The lowest BCUT2D eigenvalue weighted by Crippen LogP contribution is -2.40. The molecule has 0 saturated carbocycles. The predicted octanol–water partition coefficient (Wildman–Crippen LogP) is 0.206. The van der Waals surface area contributed by atoms with Gasteiger partial charge in [0.05, 0.1) is 33.9 Å². The van der Waals surface area contributed by atoms with Gasteiger partial charge in [0, 0.05) is 12.6 Å². The van der Waals surface area contributed by atoms with Crippen molar-refractivity contribution in [2.45, 2.75) is 13.1 Å². The first kappa shape index (κ1) is 19.3. The number of methoxy groups -OCH3 is 2. The van der Waals surface area contributed by atoms with Crippen LogP contribution >= 0.6 is 0 Å². The van der Waals surface area contributed by atoms with Gasteiger partial charge in [0.15, 0.2) is 22.7 Å². The fourth-order valence-electron chi connectivity index (χ4n) is 3.13. The quantitative estimate of drug-likeness (QED) is 0.610. The summed E-state index contributed by atoms with van der Waals surface area (Å²) >= 11 is 0. The van der Waals surface area contributed by atoms with Crippen molar-refractivity contribution in [1.29, 1.82) is 0 Å². The van der Waals surface area contributed by atoms with Gasteiger partial charge in [0.25, 0.3) is 5.56 Å². The van der Waals surface area contributed by atoms with E-state index in [9.17, 15) is 14.7 Å². The summed E-state index contributed by atoms with van der Waals surface area (Å²) in [6, 6.07) is 5.23. The second kappa shape index (κ2) is 7.62. The molecule has 0 aliphatic carbocycles. The lowest BCUT2D eigenvalue weighted by Gasteiger charge is -2.09. The second-order valence-corrected chi connectivity index (χ2v) is 5.99. The summed E-state index contributed by atoms with van der Waals surface area (Å²) < 4.78 is 14.4. The highest BCUT2D eigenvalue weighted by atomic mass is 16.5. The number of imidazole rings is 1. The Morgan fingerprint density at radius 2 is 1.89 bits per heavy atom. The van der Waals surface area contributed by atoms with Crippen molar-refractivity contribution >= 4 is 11.2 Å². The van der Waals surface area contributed by atoms with E-state index in [0.717, 1.165) is 4.57 Å². The number of nitrogens with zero attached hydrogens (tertiary/aromatic N) is 4. The third-order valence-corrected chi connectivity index (χ3v) is 4.46. The van der Waals surface area contributed by atoms with Crippen molar-refractivity contribution in [3.63, 3.8) is 0 Å². The molecule has 0 radical (unpaired) electrons. The number of hydrogen-bond acceptors (Lipinski definition) is 6. The molecule has 0 saturated heterocycles. The second-order valence-electron chi connectivity index (χ2n) is 5.99. The minimum Gasteiger partial charge on any atom is -0.493 e. The molecular formula is C19H20N4O5. The topological polar surface area (TPSA) is 101 Å². The molecule has 28 heavy (non-hydrogen) atoms. The summed E-state index contributed by atoms with van der Waals surface area (Å²) in [7, 11) is 4.73. The Kier molecular flexibility index (Phi) is 5.24. The number of aliphatic hydroxyl groups is 1. The molecule has 2 aromatic heterocycles. The smallest absolute Gasteiger partial charge is 0.333 e. The number of aromatic nitrogens is 4. The Morgan fingerprint density at radius 3 is 2.50 bits per heavy atom. The summed E-state index contributed by atoms with van der Waals surface area (Å²) in [5.74, 6) is 3.83. The average molecular weight is 384 g/mol. The van der Waals surface area contributed by atoms with Crippen LogP contribution in [0.25, 0.3) is 22.6 Å². The maximum absolute atomic E-state index is 12.9. The van der Waals surface area contributed by atoms with Gasteiger partial charge in [-0.05, 0) is 18.2 Å². The van der Waals surface area contributed by atoms with Gasteiger partial charge in [-0.2, -0.15) is 0 Å². The fraction of sp³-hybridized carbons (Fsp3) is 0.316. The van der Waals surface area contributed by atoms with Crippen LogP contribution in [0.3, 0.4) is 0 Å². The average Bonchev–Trinajstić information content (AvgIpc) is 3.05. The molecule has 1 aromatic carbocycles. The van der Waals surface area contributed by atoms with Gasteiger partial charge >= 0.3 is 5.69 Å². The van der Waals surface area contributed by atoms with E-state index in [-0.39, 0.29) is 30.9 Å². The number of hydrogen-bond donors (Lipinski definition) is 1. The van der Waals surface area contributed by atoms with E-state index in [4.69, 9.17) is 15.9 Å². The zero-order valence-corrected chi connectivity index (χ0v) is 15.8. The van der Waals surface area contributed by atoms with Crippen LogP contribution in [0.15, 0.2) is 27.8 Å². The summed E-state index contributed by atoms with van der Waals surface area (Å²) in [6.45, 7) is -0.468. The lowest BCUT2D eigenvalue weighted by atomic mass is 10.2. The Balaban J connectivity index is 2.36. The zero-order chi connectivity index (χ0) is 20.4. The molecule has 146 valence electrons. The number of aryl methyl sites for hydroxylation is 1. The highest BCUT2D eigenvalue weighted by molar-refractivity contribution is 5.77. The van der Waals surface area contributed by atoms with E-state index >= 15 is 0 Å². The first-order valence-corrected chi connectivity index (χ1v) is 8.45. The van der Waals surface area contributed by atoms with Gasteiger partial charge in [-0.3, -0.25) is 9.36 Å². The first-order chi connectivity index (χ1) is 13.5.